The van der Waals surface area contributed by atoms with E-state index in [2.05, 4.69) is 27.1 Å². The Hall–Kier alpha value is -1.97. The second kappa shape index (κ2) is 7.51. The van der Waals surface area contributed by atoms with Crippen molar-refractivity contribution in [2.45, 2.75) is 31.5 Å². The summed E-state index contributed by atoms with van der Waals surface area (Å²) in [7, 11) is -3.64. The zero-order chi connectivity index (χ0) is 17.9. The summed E-state index contributed by atoms with van der Waals surface area (Å²) in [6.07, 6.45) is 1.44. The Morgan fingerprint density at radius 1 is 1.12 bits per heavy atom. The van der Waals surface area contributed by atoms with Gasteiger partial charge in [0.25, 0.3) is 5.91 Å². The molecular weight excluding hydrogens is 344 g/mol. The lowest BCUT2D eigenvalue weighted by molar-refractivity contribution is -0.119. The lowest BCUT2D eigenvalue weighted by Gasteiger charge is -2.32. The molecule has 3 rings (SSSR count). The highest BCUT2D eigenvalue weighted by atomic mass is 32.2. The first-order valence-electron chi connectivity index (χ1n) is 8.29. The predicted molar refractivity (Wildman–Crippen MR) is 92.1 cm³/mol. The molecular formula is C16H22N4O4S. The molecule has 136 valence electrons. The van der Waals surface area contributed by atoms with Crippen LogP contribution < -0.4 is 15.4 Å². The number of likely N-dealkylation sites (tertiary alicyclic amines) is 1. The van der Waals surface area contributed by atoms with Crippen LogP contribution in [0.4, 0.5) is 4.79 Å². The van der Waals surface area contributed by atoms with Crippen molar-refractivity contribution in [3.05, 3.63) is 35.9 Å². The van der Waals surface area contributed by atoms with E-state index >= 15 is 0 Å². The molecule has 3 amide bonds. The minimum Gasteiger partial charge on any atom is -0.325 e. The molecule has 2 heterocycles. The third-order valence-electron chi connectivity index (χ3n) is 4.43. The second-order valence-corrected chi connectivity index (χ2v) is 8.25. The zero-order valence-corrected chi connectivity index (χ0v) is 14.6. The standard InChI is InChI=1S/C16H22N4O4S/c21-15-14(17-16(22)18-15)11-25(23,24)19-13-6-8-20(9-7-13)10-12-4-2-1-3-5-12/h1-5,13-14,19H,6-11H2,(H2,17,18,21,22)/t14-/m1/s1. The van der Waals surface area contributed by atoms with Crippen LogP contribution in [0.25, 0.3) is 0 Å². The van der Waals surface area contributed by atoms with Gasteiger partial charge in [-0.1, -0.05) is 30.3 Å². The highest BCUT2D eigenvalue weighted by Gasteiger charge is 2.34. The Balaban J connectivity index is 1.46. The predicted octanol–water partition coefficient (Wildman–Crippen LogP) is -0.222. The average molecular weight is 366 g/mol. The molecule has 0 spiro atoms. The van der Waals surface area contributed by atoms with Gasteiger partial charge in [0.2, 0.25) is 10.0 Å². The molecule has 0 radical (unpaired) electrons. The maximum absolute atomic E-state index is 12.2. The van der Waals surface area contributed by atoms with E-state index in [9.17, 15) is 18.0 Å². The fourth-order valence-electron chi connectivity index (χ4n) is 3.15. The van der Waals surface area contributed by atoms with E-state index in [1.54, 1.807) is 0 Å². The quantitative estimate of drug-likeness (QED) is 0.603. The molecule has 2 saturated heterocycles. The van der Waals surface area contributed by atoms with Crippen molar-refractivity contribution in [3.8, 4) is 0 Å². The van der Waals surface area contributed by atoms with E-state index in [1.165, 1.54) is 5.56 Å². The summed E-state index contributed by atoms with van der Waals surface area (Å²) in [5, 5.41) is 4.34. The summed E-state index contributed by atoms with van der Waals surface area (Å²) in [6.45, 7) is 2.47. The molecule has 1 aromatic rings. The number of imide groups is 1. The average Bonchev–Trinajstić information content (AvgIpc) is 2.87. The maximum Gasteiger partial charge on any atom is 0.322 e. The van der Waals surface area contributed by atoms with Crippen molar-refractivity contribution in [2.24, 2.45) is 0 Å². The molecule has 25 heavy (non-hydrogen) atoms. The Labute approximate surface area is 147 Å². The van der Waals surface area contributed by atoms with Crippen molar-refractivity contribution < 1.29 is 18.0 Å². The summed E-state index contributed by atoms with van der Waals surface area (Å²) in [5.74, 6) is -1.04. The third kappa shape index (κ3) is 5.00. The van der Waals surface area contributed by atoms with E-state index in [1.807, 2.05) is 23.5 Å². The van der Waals surface area contributed by atoms with Gasteiger partial charge in [0.15, 0.2) is 0 Å². The van der Waals surface area contributed by atoms with Crippen LogP contribution in [0, 0.1) is 0 Å². The number of nitrogens with zero attached hydrogens (tertiary/aromatic N) is 1. The first kappa shape index (κ1) is 17.8. The van der Waals surface area contributed by atoms with E-state index in [0.717, 1.165) is 32.5 Å². The third-order valence-corrected chi connectivity index (χ3v) is 5.89. The molecule has 0 aromatic heterocycles. The van der Waals surface area contributed by atoms with Crippen molar-refractivity contribution in [3.63, 3.8) is 0 Å². The van der Waals surface area contributed by atoms with Crippen LogP contribution in [0.1, 0.15) is 18.4 Å². The molecule has 2 fully saturated rings. The molecule has 3 N–H and O–H groups in total. The Morgan fingerprint density at radius 2 is 1.80 bits per heavy atom. The van der Waals surface area contributed by atoms with Gasteiger partial charge in [0.05, 0.1) is 5.75 Å². The lowest BCUT2D eigenvalue weighted by Crippen LogP contribution is -2.48. The fraction of sp³-hybridized carbons (Fsp3) is 0.500. The topological polar surface area (TPSA) is 108 Å². The van der Waals surface area contributed by atoms with Gasteiger partial charge in [-0.25, -0.2) is 17.9 Å². The number of sulfonamides is 1. The van der Waals surface area contributed by atoms with E-state index < -0.39 is 33.8 Å². The van der Waals surface area contributed by atoms with Crippen molar-refractivity contribution in [1.82, 2.24) is 20.3 Å². The van der Waals surface area contributed by atoms with Gasteiger partial charge in [-0.15, -0.1) is 0 Å². The number of piperidine rings is 1. The van der Waals surface area contributed by atoms with Crippen molar-refractivity contribution >= 4 is 22.0 Å². The van der Waals surface area contributed by atoms with Gasteiger partial charge in [-0.3, -0.25) is 15.0 Å². The van der Waals surface area contributed by atoms with Crippen LogP contribution in [0.3, 0.4) is 0 Å². The summed E-state index contributed by atoms with van der Waals surface area (Å²) in [5.41, 5.74) is 1.24. The van der Waals surface area contributed by atoms with Crippen LogP contribution in [-0.2, 0) is 21.4 Å². The summed E-state index contributed by atoms with van der Waals surface area (Å²) < 4.78 is 27.1. The first-order chi connectivity index (χ1) is 11.9. The van der Waals surface area contributed by atoms with Crippen LogP contribution in [-0.4, -0.2) is 56.2 Å². The number of amides is 3. The first-order valence-corrected chi connectivity index (χ1v) is 9.94. The highest BCUT2D eigenvalue weighted by molar-refractivity contribution is 7.89. The molecule has 1 aromatic carbocycles. The van der Waals surface area contributed by atoms with E-state index in [-0.39, 0.29) is 6.04 Å². The Kier molecular flexibility index (Phi) is 5.36. The molecule has 0 bridgehead atoms. The zero-order valence-electron chi connectivity index (χ0n) is 13.8. The monoisotopic (exact) mass is 366 g/mol. The fourth-order valence-corrected chi connectivity index (χ4v) is 4.66. The van der Waals surface area contributed by atoms with Crippen LogP contribution >= 0.6 is 0 Å². The minimum absolute atomic E-state index is 0.141. The van der Waals surface area contributed by atoms with Gasteiger partial charge in [0.1, 0.15) is 6.04 Å². The molecule has 2 aliphatic rings. The number of rotatable bonds is 6. The number of hydrogen-bond acceptors (Lipinski definition) is 5. The molecule has 2 aliphatic heterocycles. The molecule has 9 heteroatoms. The van der Waals surface area contributed by atoms with Crippen molar-refractivity contribution in [1.29, 1.82) is 0 Å². The van der Waals surface area contributed by atoms with Crippen LogP contribution in [0.5, 0.6) is 0 Å². The number of carbonyl (C=O) groups excluding carboxylic acids is 2. The number of nitrogens with one attached hydrogen (secondary N) is 3. The highest BCUT2D eigenvalue weighted by Crippen LogP contribution is 2.15. The SMILES string of the molecule is O=C1NC(=O)[C@@H](CS(=O)(=O)NC2CCN(Cc3ccccc3)CC2)N1. The smallest absolute Gasteiger partial charge is 0.322 e. The maximum atomic E-state index is 12.2. The summed E-state index contributed by atoms with van der Waals surface area (Å²) >= 11 is 0. The Bertz CT molecular complexity index is 730. The summed E-state index contributed by atoms with van der Waals surface area (Å²) in [4.78, 5) is 24.8. The van der Waals surface area contributed by atoms with E-state index in [0.29, 0.717) is 0 Å². The Morgan fingerprint density at radius 3 is 2.40 bits per heavy atom. The molecule has 1 atom stereocenters. The van der Waals surface area contributed by atoms with Crippen LogP contribution in [0.15, 0.2) is 30.3 Å². The number of benzene rings is 1. The number of urea groups is 1. The van der Waals surface area contributed by atoms with Gasteiger partial charge >= 0.3 is 6.03 Å². The second-order valence-electron chi connectivity index (χ2n) is 6.45. The van der Waals surface area contributed by atoms with Crippen LogP contribution in [0.2, 0.25) is 0 Å². The van der Waals surface area contributed by atoms with E-state index in [4.69, 9.17) is 0 Å². The summed E-state index contributed by atoms with van der Waals surface area (Å²) in [6, 6.07) is 8.34. The molecule has 0 unspecified atom stereocenters. The number of hydrogen-bond donors (Lipinski definition) is 3. The molecule has 0 aliphatic carbocycles. The largest absolute Gasteiger partial charge is 0.325 e. The minimum atomic E-state index is -3.64. The lowest BCUT2D eigenvalue weighted by atomic mass is 10.1. The normalized spacial score (nSPS) is 22.6. The van der Waals surface area contributed by atoms with Gasteiger partial charge in [-0.05, 0) is 18.4 Å². The van der Waals surface area contributed by atoms with Gasteiger partial charge < -0.3 is 5.32 Å². The molecule has 0 saturated carbocycles. The van der Waals surface area contributed by atoms with Crippen molar-refractivity contribution in [2.75, 3.05) is 18.8 Å². The molecule has 8 nitrogen and oxygen atoms in total. The van der Waals surface area contributed by atoms with Gasteiger partial charge in [0, 0.05) is 25.7 Å². The number of carbonyl (C=O) groups is 2. The van der Waals surface area contributed by atoms with Gasteiger partial charge in [-0.2, -0.15) is 0 Å².